The second-order valence-electron chi connectivity index (χ2n) is 4.24. The molecule has 1 heterocycles. The predicted molar refractivity (Wildman–Crippen MR) is 75.6 cm³/mol. The van der Waals surface area contributed by atoms with Gasteiger partial charge in [-0.1, -0.05) is 18.2 Å². The van der Waals surface area contributed by atoms with Crippen LogP contribution in [0.5, 0.6) is 0 Å². The molecule has 0 amide bonds. The molecule has 2 rings (SSSR count). The number of rotatable bonds is 5. The normalized spacial score (nSPS) is 12.0. The number of hydrogen-bond acceptors (Lipinski definition) is 3. The number of benzene rings is 1. The van der Waals surface area contributed by atoms with Gasteiger partial charge in [0, 0.05) is 17.5 Å². The van der Waals surface area contributed by atoms with Crippen LogP contribution in [0.2, 0.25) is 0 Å². The molecule has 1 atom stereocenters. The van der Waals surface area contributed by atoms with Crippen LogP contribution in [0.15, 0.2) is 41.8 Å². The third-order valence-corrected chi connectivity index (χ3v) is 3.88. The predicted octanol–water partition coefficient (Wildman–Crippen LogP) is 3.51. The summed E-state index contributed by atoms with van der Waals surface area (Å²) in [6.45, 7) is 3.12. The smallest absolute Gasteiger partial charge is 0.0991 e. The Hall–Kier alpha value is -1.63. The molecule has 0 saturated carbocycles. The maximum Gasteiger partial charge on any atom is 0.0991 e. The fourth-order valence-corrected chi connectivity index (χ4v) is 2.54. The molecule has 0 fully saturated rings. The van der Waals surface area contributed by atoms with Crippen LogP contribution in [-0.4, -0.2) is 6.54 Å². The van der Waals surface area contributed by atoms with E-state index in [1.54, 1.807) is 11.3 Å². The quantitative estimate of drug-likeness (QED) is 0.888. The maximum atomic E-state index is 8.75. The molecule has 0 saturated heterocycles. The molecule has 0 aliphatic carbocycles. The molecule has 0 spiro atoms. The van der Waals surface area contributed by atoms with Crippen LogP contribution >= 0.6 is 11.3 Å². The minimum atomic E-state index is 0.317. The van der Waals surface area contributed by atoms with Crippen molar-refractivity contribution in [2.24, 2.45) is 0 Å². The van der Waals surface area contributed by atoms with Crippen molar-refractivity contribution in [2.45, 2.75) is 19.4 Å². The molecule has 1 N–H and O–H groups in total. The second-order valence-corrected chi connectivity index (χ2v) is 5.27. The molecule has 1 aromatic carbocycles. The molecule has 1 aromatic heterocycles. The van der Waals surface area contributed by atoms with E-state index in [1.807, 2.05) is 24.3 Å². The summed E-state index contributed by atoms with van der Waals surface area (Å²) in [5.74, 6) is 0. The zero-order chi connectivity index (χ0) is 12.8. The maximum absolute atomic E-state index is 8.75. The summed E-state index contributed by atoms with van der Waals surface area (Å²) in [7, 11) is 0. The first-order chi connectivity index (χ1) is 8.79. The van der Waals surface area contributed by atoms with Crippen LogP contribution in [0.4, 0.5) is 0 Å². The summed E-state index contributed by atoms with van der Waals surface area (Å²) >= 11 is 1.80. The van der Waals surface area contributed by atoms with Gasteiger partial charge in [-0.2, -0.15) is 5.26 Å². The Labute approximate surface area is 112 Å². The monoisotopic (exact) mass is 256 g/mol. The third-order valence-electron chi connectivity index (χ3n) is 2.94. The highest BCUT2D eigenvalue weighted by molar-refractivity contribution is 7.09. The molecule has 2 nitrogen and oxygen atoms in total. The lowest BCUT2D eigenvalue weighted by Crippen LogP contribution is -2.21. The van der Waals surface area contributed by atoms with Gasteiger partial charge in [0.2, 0.25) is 0 Å². The van der Waals surface area contributed by atoms with Crippen LogP contribution in [0.3, 0.4) is 0 Å². The van der Waals surface area contributed by atoms with E-state index in [-0.39, 0.29) is 0 Å². The molecular weight excluding hydrogens is 240 g/mol. The fraction of sp³-hybridized carbons (Fsp3) is 0.267. The summed E-state index contributed by atoms with van der Waals surface area (Å²) in [5, 5.41) is 14.4. The van der Waals surface area contributed by atoms with Gasteiger partial charge in [-0.3, -0.25) is 0 Å². The number of nitriles is 1. The summed E-state index contributed by atoms with van der Waals surface area (Å²) in [5.41, 5.74) is 1.93. The van der Waals surface area contributed by atoms with E-state index in [2.05, 4.69) is 35.8 Å². The van der Waals surface area contributed by atoms with Crippen LogP contribution in [0.25, 0.3) is 0 Å². The minimum Gasteiger partial charge on any atom is -0.310 e. The van der Waals surface area contributed by atoms with E-state index in [4.69, 9.17) is 5.26 Å². The van der Waals surface area contributed by atoms with Crippen LogP contribution < -0.4 is 5.32 Å². The molecule has 0 aliphatic rings. The van der Waals surface area contributed by atoms with Crippen LogP contribution in [-0.2, 0) is 6.42 Å². The summed E-state index contributed by atoms with van der Waals surface area (Å²) in [6.07, 6.45) is 1.07. The topological polar surface area (TPSA) is 35.8 Å². The van der Waals surface area contributed by atoms with Gasteiger partial charge in [0.15, 0.2) is 0 Å². The number of thiophene rings is 1. The molecule has 18 heavy (non-hydrogen) atoms. The SMILES string of the molecule is CC(NCCc1cccs1)c1ccc(C#N)cc1. The van der Waals surface area contributed by atoms with E-state index in [0.29, 0.717) is 11.6 Å². The van der Waals surface area contributed by atoms with E-state index in [0.717, 1.165) is 13.0 Å². The Balaban J connectivity index is 1.83. The Morgan fingerprint density at radius 3 is 2.67 bits per heavy atom. The van der Waals surface area contributed by atoms with Crippen molar-refractivity contribution in [2.75, 3.05) is 6.54 Å². The molecule has 0 radical (unpaired) electrons. The van der Waals surface area contributed by atoms with Crippen LogP contribution in [0, 0.1) is 11.3 Å². The van der Waals surface area contributed by atoms with Crippen molar-refractivity contribution in [3.63, 3.8) is 0 Å². The van der Waals surface area contributed by atoms with Crippen molar-refractivity contribution in [1.82, 2.24) is 5.32 Å². The van der Waals surface area contributed by atoms with Crippen molar-refractivity contribution >= 4 is 11.3 Å². The van der Waals surface area contributed by atoms with Crippen molar-refractivity contribution in [3.05, 3.63) is 57.8 Å². The Morgan fingerprint density at radius 1 is 1.28 bits per heavy atom. The second kappa shape index (κ2) is 6.34. The van der Waals surface area contributed by atoms with Gasteiger partial charge >= 0.3 is 0 Å². The van der Waals surface area contributed by atoms with Gasteiger partial charge in [0.05, 0.1) is 11.6 Å². The van der Waals surface area contributed by atoms with E-state index >= 15 is 0 Å². The highest BCUT2D eigenvalue weighted by Crippen LogP contribution is 2.14. The zero-order valence-electron chi connectivity index (χ0n) is 10.4. The van der Waals surface area contributed by atoms with E-state index in [1.165, 1.54) is 10.4 Å². The first-order valence-electron chi connectivity index (χ1n) is 6.05. The Bertz CT molecular complexity index is 508. The molecule has 3 heteroatoms. The lowest BCUT2D eigenvalue weighted by Gasteiger charge is -2.13. The fourth-order valence-electron chi connectivity index (χ4n) is 1.83. The molecule has 0 aliphatic heterocycles. The van der Waals surface area contributed by atoms with Crippen molar-refractivity contribution in [1.29, 1.82) is 5.26 Å². The van der Waals surface area contributed by atoms with Gasteiger partial charge in [0.1, 0.15) is 0 Å². The summed E-state index contributed by atoms with van der Waals surface area (Å²) < 4.78 is 0. The number of hydrogen-bond donors (Lipinski definition) is 1. The molecule has 1 unspecified atom stereocenters. The van der Waals surface area contributed by atoms with E-state index in [9.17, 15) is 0 Å². The zero-order valence-corrected chi connectivity index (χ0v) is 11.2. The van der Waals surface area contributed by atoms with Gasteiger partial charge in [-0.25, -0.2) is 0 Å². The van der Waals surface area contributed by atoms with E-state index < -0.39 is 0 Å². The van der Waals surface area contributed by atoms with Gasteiger partial charge in [-0.05, 0) is 42.5 Å². The Morgan fingerprint density at radius 2 is 2.06 bits per heavy atom. The van der Waals surface area contributed by atoms with Gasteiger partial charge < -0.3 is 5.32 Å². The first kappa shape index (κ1) is 12.8. The highest BCUT2D eigenvalue weighted by Gasteiger charge is 2.04. The average Bonchev–Trinajstić information content (AvgIpc) is 2.92. The lowest BCUT2D eigenvalue weighted by atomic mass is 10.1. The van der Waals surface area contributed by atoms with Crippen LogP contribution in [0.1, 0.15) is 29.0 Å². The third kappa shape index (κ3) is 3.43. The number of nitrogens with one attached hydrogen (secondary N) is 1. The standard InChI is InChI=1S/C15H16N2S/c1-12(14-6-4-13(11-16)5-7-14)17-9-8-15-3-2-10-18-15/h2-7,10,12,17H,8-9H2,1H3. The summed E-state index contributed by atoms with van der Waals surface area (Å²) in [4.78, 5) is 1.41. The molecule has 2 aromatic rings. The number of nitrogens with zero attached hydrogens (tertiary/aromatic N) is 1. The van der Waals surface area contributed by atoms with Crippen molar-refractivity contribution in [3.8, 4) is 6.07 Å². The lowest BCUT2D eigenvalue weighted by molar-refractivity contribution is 0.578. The summed E-state index contributed by atoms with van der Waals surface area (Å²) in [6, 6.07) is 14.5. The van der Waals surface area contributed by atoms with Crippen molar-refractivity contribution < 1.29 is 0 Å². The first-order valence-corrected chi connectivity index (χ1v) is 6.93. The average molecular weight is 256 g/mol. The molecular formula is C15H16N2S. The van der Waals surface area contributed by atoms with Gasteiger partial charge in [0.25, 0.3) is 0 Å². The minimum absolute atomic E-state index is 0.317. The largest absolute Gasteiger partial charge is 0.310 e. The molecule has 0 bridgehead atoms. The highest BCUT2D eigenvalue weighted by atomic mass is 32.1. The van der Waals surface area contributed by atoms with Gasteiger partial charge in [-0.15, -0.1) is 11.3 Å². The Kier molecular flexibility index (Phi) is 4.52. The molecule has 92 valence electrons.